The minimum atomic E-state index is -5.70. The van der Waals surface area contributed by atoms with Gasteiger partial charge in [0.05, 0.1) is 26.4 Å². The van der Waals surface area contributed by atoms with Gasteiger partial charge in [0.25, 0.3) is 20.2 Å². The van der Waals surface area contributed by atoms with Crippen LogP contribution < -0.4 is 31.1 Å². The summed E-state index contributed by atoms with van der Waals surface area (Å²) < 4.78 is 85.0. The van der Waals surface area contributed by atoms with E-state index in [1.165, 1.54) is 24.3 Å². The number of allylic oxidation sites excluding steroid dienone is 2. The summed E-state index contributed by atoms with van der Waals surface area (Å²) in [7, 11) is -11.4. The van der Waals surface area contributed by atoms with Crippen LogP contribution in [-0.2, 0) is 29.7 Å². The van der Waals surface area contributed by atoms with Crippen LogP contribution in [0.3, 0.4) is 0 Å². The number of hydrogen-bond acceptors (Lipinski definition) is 18. The van der Waals surface area contributed by atoms with Crippen molar-refractivity contribution >= 4 is 73.4 Å². The Labute approximate surface area is 358 Å². The van der Waals surface area contributed by atoms with E-state index in [1.54, 1.807) is 30.3 Å². The Morgan fingerprint density at radius 1 is 0.597 bits per heavy atom. The molecule has 1 unspecified atom stereocenters. The van der Waals surface area contributed by atoms with E-state index in [0.717, 1.165) is 0 Å². The molecule has 2 aliphatic heterocycles. The minimum absolute atomic E-state index is 0.0914. The van der Waals surface area contributed by atoms with Crippen LogP contribution in [0.25, 0.3) is 6.08 Å². The van der Waals surface area contributed by atoms with E-state index in [0.29, 0.717) is 69.5 Å². The van der Waals surface area contributed by atoms with Gasteiger partial charge in [-0.05, 0) is 35.9 Å². The number of hydrogen-bond donors (Lipinski definition) is 6. The fraction of sp³-hybridized carbons (Fsp3) is 0.300. The predicted octanol–water partition coefficient (Wildman–Crippen LogP) is 4.20. The molecular formula is C40H44N12O8S2. The average Bonchev–Trinajstić information content (AvgIpc) is 3.26. The van der Waals surface area contributed by atoms with Crippen molar-refractivity contribution in [1.82, 2.24) is 29.9 Å². The molecule has 2 saturated heterocycles. The van der Waals surface area contributed by atoms with E-state index < -0.39 is 42.3 Å². The van der Waals surface area contributed by atoms with Crippen molar-refractivity contribution in [3.8, 4) is 0 Å². The molecule has 1 aliphatic carbocycles. The first-order valence-electron chi connectivity index (χ1n) is 19.6. The fourth-order valence-electron chi connectivity index (χ4n) is 7.29. The molecule has 22 heteroatoms. The van der Waals surface area contributed by atoms with Crippen molar-refractivity contribution < 1.29 is 35.4 Å². The Hall–Kier alpha value is -6.30. The number of rotatable bonds is 14. The van der Waals surface area contributed by atoms with Crippen LogP contribution in [0.5, 0.6) is 0 Å². The summed E-state index contributed by atoms with van der Waals surface area (Å²) in [6, 6.07) is 26.9. The van der Waals surface area contributed by atoms with E-state index in [-0.39, 0.29) is 35.7 Å². The van der Waals surface area contributed by atoms with Gasteiger partial charge in [0.1, 0.15) is 5.66 Å². The van der Waals surface area contributed by atoms with E-state index in [9.17, 15) is 25.9 Å². The zero-order chi connectivity index (χ0) is 43.2. The highest BCUT2D eigenvalue weighted by atomic mass is 32.3. The lowest BCUT2D eigenvalue weighted by molar-refractivity contribution is 0.122. The number of nitrogens with one attached hydrogen (secondary N) is 4. The summed E-state index contributed by atoms with van der Waals surface area (Å²) in [5.74, 6) is -1.30. The van der Waals surface area contributed by atoms with Crippen LogP contribution in [0.15, 0.2) is 109 Å². The topological polar surface area (TPSA) is 259 Å². The molecule has 0 radical (unpaired) electrons. The van der Waals surface area contributed by atoms with Gasteiger partial charge in [-0.15, -0.1) is 0 Å². The van der Waals surface area contributed by atoms with Gasteiger partial charge in [-0.25, -0.2) is 0 Å². The number of nitrogens with zero attached hydrogens (tertiary/aromatic N) is 8. The van der Waals surface area contributed by atoms with Crippen molar-refractivity contribution in [1.29, 1.82) is 0 Å². The van der Waals surface area contributed by atoms with Crippen molar-refractivity contribution in [3.05, 3.63) is 115 Å². The van der Waals surface area contributed by atoms with Crippen LogP contribution in [0, 0.1) is 5.92 Å². The molecule has 3 aliphatic rings. The molecule has 2 fully saturated rings. The maximum atomic E-state index is 13.8. The number of ether oxygens (including phenoxy) is 2. The third kappa shape index (κ3) is 9.59. The minimum Gasteiger partial charge on any atom is -0.378 e. The van der Waals surface area contributed by atoms with Gasteiger partial charge in [-0.2, -0.15) is 46.7 Å². The van der Waals surface area contributed by atoms with Gasteiger partial charge >= 0.3 is 0 Å². The summed E-state index contributed by atoms with van der Waals surface area (Å²) in [6.07, 6.45) is 4.44. The van der Waals surface area contributed by atoms with E-state index in [1.807, 2.05) is 70.5 Å². The molecule has 20 nitrogen and oxygen atoms in total. The summed E-state index contributed by atoms with van der Waals surface area (Å²) in [6.45, 7) is 3.35. The highest BCUT2D eigenvalue weighted by Gasteiger charge is 2.64. The van der Waals surface area contributed by atoms with Crippen molar-refractivity contribution in [2.24, 2.45) is 5.92 Å². The third-order valence-electron chi connectivity index (χ3n) is 10.4. The van der Waals surface area contributed by atoms with Gasteiger partial charge in [-0.3, -0.25) is 9.11 Å². The number of para-hydroxylation sites is 2. The zero-order valence-electron chi connectivity index (χ0n) is 33.1. The Morgan fingerprint density at radius 3 is 1.45 bits per heavy atom. The van der Waals surface area contributed by atoms with Crippen molar-refractivity contribution in [2.75, 3.05) is 83.7 Å². The molecule has 6 N–H and O–H groups in total. The number of aromatic nitrogens is 6. The molecule has 2 aromatic heterocycles. The Morgan fingerprint density at radius 2 is 1.02 bits per heavy atom. The quantitative estimate of drug-likeness (QED) is 0.0519. The first kappa shape index (κ1) is 42.4. The number of anilines is 8. The highest BCUT2D eigenvalue weighted by molar-refractivity contribution is 8.05. The van der Waals surface area contributed by atoms with Gasteiger partial charge < -0.3 is 40.5 Å². The molecule has 0 spiro atoms. The Kier molecular flexibility index (Phi) is 12.3. The largest absolute Gasteiger partial charge is 0.378 e. The van der Waals surface area contributed by atoms with Gasteiger partial charge in [0.2, 0.25) is 39.8 Å². The summed E-state index contributed by atoms with van der Waals surface area (Å²) in [4.78, 5) is 31.7. The fourth-order valence-corrected chi connectivity index (χ4v) is 10.2. The Balaban J connectivity index is 1.29. The van der Waals surface area contributed by atoms with E-state index in [2.05, 4.69) is 41.2 Å². The lowest BCUT2D eigenvalue weighted by Gasteiger charge is -2.44. The monoisotopic (exact) mass is 884 g/mol. The molecular weight excluding hydrogens is 841 g/mol. The van der Waals surface area contributed by atoms with Crippen LogP contribution in [0.1, 0.15) is 12.0 Å². The average molecular weight is 885 g/mol. The maximum Gasteiger partial charge on any atom is 0.288 e. The molecule has 3 aromatic carbocycles. The second-order valence-electron chi connectivity index (χ2n) is 14.6. The number of benzene rings is 3. The second kappa shape index (κ2) is 18.0. The summed E-state index contributed by atoms with van der Waals surface area (Å²) in [5.41, 5.74) is -0.199. The molecule has 324 valence electrons. The Bertz CT molecular complexity index is 2480. The number of morpholine rings is 2. The smallest absolute Gasteiger partial charge is 0.288 e. The normalized spacial score (nSPS) is 18.9. The highest BCUT2D eigenvalue weighted by Crippen LogP contribution is 2.46. The van der Waals surface area contributed by atoms with Gasteiger partial charge in [-0.1, -0.05) is 85.0 Å². The standard InChI is InChI=1S/C40H44N12O8S2/c53-61(54,55)40(62(56,57)58)28-39(19-18-30(40)17-16-29-10-4-1-5-11-29,49-35-43-33(41-31-12-6-2-7-13-31)45-37(47-35)51-20-24-59-25-21-51)50-36-44-34(42-32-14-8-3-9-15-32)46-38(48-36)52-22-26-60-27-23-52/h1-19,30H,20-28H2,(H,53,54,55)(H,56,57,58)(H2,41,43,45,47,49)(H2,42,44,46,48,50). The molecule has 1 atom stereocenters. The lowest BCUT2D eigenvalue weighted by Crippen LogP contribution is -2.62. The molecule has 8 rings (SSSR count). The summed E-state index contributed by atoms with van der Waals surface area (Å²) in [5, 5.41) is 12.6. The molecule has 0 bridgehead atoms. The second-order valence-corrected chi connectivity index (χ2v) is 18.2. The van der Waals surface area contributed by atoms with Crippen LogP contribution in [0.4, 0.5) is 47.1 Å². The predicted molar refractivity (Wildman–Crippen MR) is 234 cm³/mol. The first-order valence-corrected chi connectivity index (χ1v) is 22.5. The molecule has 62 heavy (non-hydrogen) atoms. The third-order valence-corrected chi connectivity index (χ3v) is 14.2. The molecule has 0 amide bonds. The van der Waals surface area contributed by atoms with Crippen LogP contribution in [0.2, 0.25) is 0 Å². The SMILES string of the molecule is O=S(=O)(O)C1(S(=O)(=O)O)CC(Nc2nc(Nc3ccccc3)nc(N3CCOCC3)n2)(Nc2nc(Nc3ccccc3)nc(N3CCOCC3)n2)C=CC1C=Cc1ccccc1. The summed E-state index contributed by atoms with van der Waals surface area (Å²) >= 11 is 0. The molecule has 4 heterocycles. The van der Waals surface area contributed by atoms with E-state index >= 15 is 0 Å². The van der Waals surface area contributed by atoms with Crippen molar-refractivity contribution in [3.63, 3.8) is 0 Å². The maximum absolute atomic E-state index is 13.8. The van der Waals surface area contributed by atoms with Crippen LogP contribution >= 0.6 is 0 Å². The van der Waals surface area contributed by atoms with Crippen molar-refractivity contribution in [2.45, 2.75) is 16.2 Å². The van der Waals surface area contributed by atoms with Gasteiger partial charge in [0, 0.05) is 49.9 Å². The molecule has 0 saturated carbocycles. The first-order chi connectivity index (χ1) is 29.9. The zero-order valence-corrected chi connectivity index (χ0v) is 34.8. The van der Waals surface area contributed by atoms with E-state index in [4.69, 9.17) is 19.4 Å². The molecule has 5 aromatic rings. The van der Waals surface area contributed by atoms with Crippen LogP contribution in [-0.4, -0.2) is 118 Å². The lowest BCUT2D eigenvalue weighted by atomic mass is 9.86. The van der Waals surface area contributed by atoms with Gasteiger partial charge in [0.15, 0.2) is 0 Å².